The maximum Gasteiger partial charge on any atom is 0.291 e. The Hall–Kier alpha value is -0.990. The van der Waals surface area contributed by atoms with Gasteiger partial charge in [0.15, 0.2) is 9.84 Å². The number of nitro benzene ring substituents is 1. The van der Waals surface area contributed by atoms with Gasteiger partial charge in [0.1, 0.15) is 4.90 Å². The Kier molecular flexibility index (Phi) is 5.45. The molecule has 0 amide bonds. The van der Waals surface area contributed by atoms with Gasteiger partial charge in [-0.05, 0) is 12.5 Å². The van der Waals surface area contributed by atoms with E-state index in [4.69, 9.17) is 4.74 Å². The minimum atomic E-state index is -3.64. The largest absolute Gasteiger partial charge is 0.384 e. The van der Waals surface area contributed by atoms with E-state index < -0.39 is 14.8 Å². The van der Waals surface area contributed by atoms with Crippen LogP contribution in [0.5, 0.6) is 0 Å². The van der Waals surface area contributed by atoms with Crippen molar-refractivity contribution in [2.24, 2.45) is 0 Å². The lowest BCUT2D eigenvalue weighted by molar-refractivity contribution is -0.388. The van der Waals surface area contributed by atoms with Gasteiger partial charge in [0.2, 0.25) is 0 Å². The molecule has 0 radical (unpaired) electrons. The number of methoxy groups -OCH3 is 1. The molecule has 1 atom stereocenters. The van der Waals surface area contributed by atoms with Gasteiger partial charge >= 0.3 is 0 Å². The second kappa shape index (κ2) is 6.44. The molecule has 1 aromatic rings. The van der Waals surface area contributed by atoms with Crippen LogP contribution in [-0.2, 0) is 21.0 Å². The number of ether oxygens (including phenoxy) is 1. The molecule has 0 fully saturated rings. The molecule has 0 bridgehead atoms. The number of benzene rings is 1. The summed E-state index contributed by atoms with van der Waals surface area (Å²) in [6.45, 7) is 0.375. The van der Waals surface area contributed by atoms with Crippen molar-refractivity contribution in [1.82, 2.24) is 0 Å². The third-order valence-corrected chi connectivity index (χ3v) is 4.17. The maximum absolute atomic E-state index is 11.6. The number of alkyl halides is 1. The SMILES string of the molecule is COCC(Br)Cc1cccc(S(C)(=O)=O)c1[N+](=O)[O-]. The van der Waals surface area contributed by atoms with Crippen molar-refractivity contribution in [1.29, 1.82) is 0 Å². The van der Waals surface area contributed by atoms with Gasteiger partial charge in [-0.2, -0.15) is 0 Å². The van der Waals surface area contributed by atoms with Crippen LogP contribution in [0.4, 0.5) is 5.69 Å². The number of hydrogen-bond donors (Lipinski definition) is 0. The van der Waals surface area contributed by atoms with E-state index >= 15 is 0 Å². The first-order valence-electron chi connectivity index (χ1n) is 5.36. The molecular formula is C11H14BrNO5S. The van der Waals surface area contributed by atoms with Crippen LogP contribution in [0.3, 0.4) is 0 Å². The smallest absolute Gasteiger partial charge is 0.291 e. The molecule has 0 aliphatic rings. The summed E-state index contributed by atoms with van der Waals surface area (Å²) >= 11 is 3.34. The van der Waals surface area contributed by atoms with Gasteiger partial charge in [-0.1, -0.05) is 28.1 Å². The molecule has 1 aromatic carbocycles. The van der Waals surface area contributed by atoms with E-state index in [1.54, 1.807) is 6.07 Å². The van der Waals surface area contributed by atoms with E-state index in [2.05, 4.69) is 15.9 Å². The van der Waals surface area contributed by atoms with Crippen molar-refractivity contribution >= 4 is 31.5 Å². The average Bonchev–Trinajstić information content (AvgIpc) is 2.27. The fourth-order valence-electron chi connectivity index (χ4n) is 1.72. The number of para-hydroxylation sites is 1. The maximum atomic E-state index is 11.6. The van der Waals surface area contributed by atoms with Gasteiger partial charge in [0, 0.05) is 23.8 Å². The van der Waals surface area contributed by atoms with Crippen molar-refractivity contribution in [2.75, 3.05) is 20.0 Å². The van der Waals surface area contributed by atoms with E-state index in [1.165, 1.54) is 19.2 Å². The van der Waals surface area contributed by atoms with E-state index in [-0.39, 0.29) is 15.4 Å². The predicted octanol–water partition coefficient (Wildman–Crippen LogP) is 1.95. The Morgan fingerprint density at radius 3 is 2.58 bits per heavy atom. The summed E-state index contributed by atoms with van der Waals surface area (Å²) in [7, 11) is -2.11. The first-order chi connectivity index (χ1) is 8.77. The van der Waals surface area contributed by atoms with Gasteiger partial charge in [-0.25, -0.2) is 8.42 Å². The lowest BCUT2D eigenvalue weighted by Crippen LogP contribution is -2.13. The highest BCUT2D eigenvalue weighted by Gasteiger charge is 2.26. The molecule has 6 nitrogen and oxygen atoms in total. The summed E-state index contributed by atoms with van der Waals surface area (Å²) in [4.78, 5) is 10.1. The molecule has 19 heavy (non-hydrogen) atoms. The number of hydrogen-bond acceptors (Lipinski definition) is 5. The molecule has 106 valence electrons. The van der Waals surface area contributed by atoms with E-state index in [9.17, 15) is 18.5 Å². The topological polar surface area (TPSA) is 86.5 Å². The highest BCUT2D eigenvalue weighted by Crippen LogP contribution is 2.29. The minimum Gasteiger partial charge on any atom is -0.384 e. The number of nitro groups is 1. The quantitative estimate of drug-likeness (QED) is 0.444. The summed E-state index contributed by atoms with van der Waals surface area (Å²) in [5.74, 6) is 0. The van der Waals surface area contributed by atoms with Crippen molar-refractivity contribution < 1.29 is 18.1 Å². The van der Waals surface area contributed by atoms with Crippen molar-refractivity contribution in [2.45, 2.75) is 16.1 Å². The number of halogens is 1. The van der Waals surface area contributed by atoms with Gasteiger partial charge in [0.25, 0.3) is 5.69 Å². The monoisotopic (exact) mass is 351 g/mol. The summed E-state index contributed by atoms with van der Waals surface area (Å²) in [5, 5.41) is 11.1. The molecular weight excluding hydrogens is 338 g/mol. The molecule has 0 aliphatic carbocycles. The van der Waals surface area contributed by atoms with Crippen LogP contribution in [0, 0.1) is 10.1 Å². The molecule has 0 aliphatic heterocycles. The summed E-state index contributed by atoms with van der Waals surface area (Å²) in [5.41, 5.74) is 0.0115. The number of nitrogens with zero attached hydrogens (tertiary/aromatic N) is 1. The highest BCUT2D eigenvalue weighted by atomic mass is 79.9. The standard InChI is InChI=1S/C11H14BrNO5S/c1-18-7-9(12)6-8-4-3-5-10(19(2,16)17)11(8)13(14)15/h3-5,9H,6-7H2,1-2H3. The van der Waals surface area contributed by atoms with Crippen molar-refractivity contribution in [3.63, 3.8) is 0 Å². The molecule has 1 rings (SSSR count). The Morgan fingerprint density at radius 2 is 2.11 bits per heavy atom. The number of rotatable bonds is 6. The van der Waals surface area contributed by atoms with Crippen LogP contribution in [-0.4, -0.2) is 38.1 Å². The van der Waals surface area contributed by atoms with Crippen LogP contribution in [0.2, 0.25) is 0 Å². The van der Waals surface area contributed by atoms with Crippen LogP contribution >= 0.6 is 15.9 Å². The van der Waals surface area contributed by atoms with E-state index in [0.717, 1.165) is 6.26 Å². The Labute approximate surface area is 120 Å². The van der Waals surface area contributed by atoms with Gasteiger partial charge < -0.3 is 4.74 Å². The predicted molar refractivity (Wildman–Crippen MR) is 74.5 cm³/mol. The Bertz CT molecular complexity index is 572. The first-order valence-corrected chi connectivity index (χ1v) is 8.17. The molecule has 0 spiro atoms. The zero-order valence-electron chi connectivity index (χ0n) is 10.5. The normalized spacial score (nSPS) is 13.2. The lowest BCUT2D eigenvalue weighted by Gasteiger charge is -2.10. The number of sulfone groups is 1. The van der Waals surface area contributed by atoms with Crippen LogP contribution < -0.4 is 0 Å². The molecule has 0 heterocycles. The van der Waals surface area contributed by atoms with Gasteiger partial charge in [-0.3, -0.25) is 10.1 Å². The molecule has 8 heteroatoms. The summed E-state index contributed by atoms with van der Waals surface area (Å²) in [6.07, 6.45) is 1.27. The zero-order valence-corrected chi connectivity index (χ0v) is 12.9. The molecule has 1 unspecified atom stereocenters. The third-order valence-electron chi connectivity index (χ3n) is 2.45. The molecule has 0 saturated carbocycles. The van der Waals surface area contributed by atoms with Crippen LogP contribution in [0.1, 0.15) is 5.56 Å². The second-order valence-corrected chi connectivity index (χ2v) is 7.33. The van der Waals surface area contributed by atoms with E-state index in [0.29, 0.717) is 18.6 Å². The minimum absolute atomic E-state index is 0.119. The van der Waals surface area contributed by atoms with E-state index in [1.807, 2.05) is 0 Å². The second-order valence-electron chi connectivity index (χ2n) is 4.05. The fraction of sp³-hybridized carbons (Fsp3) is 0.455. The lowest BCUT2D eigenvalue weighted by atomic mass is 10.1. The average molecular weight is 352 g/mol. The van der Waals surface area contributed by atoms with Gasteiger partial charge in [-0.15, -0.1) is 0 Å². The van der Waals surface area contributed by atoms with Crippen molar-refractivity contribution in [3.8, 4) is 0 Å². The highest BCUT2D eigenvalue weighted by molar-refractivity contribution is 9.09. The Balaban J connectivity index is 3.29. The molecule has 0 N–H and O–H groups in total. The Morgan fingerprint density at radius 1 is 1.47 bits per heavy atom. The van der Waals surface area contributed by atoms with Crippen LogP contribution in [0.15, 0.2) is 23.1 Å². The van der Waals surface area contributed by atoms with Gasteiger partial charge in [0.05, 0.1) is 11.5 Å². The van der Waals surface area contributed by atoms with Crippen molar-refractivity contribution in [3.05, 3.63) is 33.9 Å². The summed E-state index contributed by atoms with van der Waals surface area (Å²) < 4.78 is 28.1. The third kappa shape index (κ3) is 4.26. The van der Waals surface area contributed by atoms with Crippen LogP contribution in [0.25, 0.3) is 0 Å². The first kappa shape index (κ1) is 16.1. The molecule has 0 saturated heterocycles. The molecule has 0 aromatic heterocycles. The summed E-state index contributed by atoms with van der Waals surface area (Å²) in [6, 6.07) is 4.30. The fourth-order valence-corrected chi connectivity index (χ4v) is 3.21. The zero-order chi connectivity index (χ0) is 14.6.